The third-order valence-electron chi connectivity index (χ3n) is 3.13. The molecule has 0 spiro atoms. The summed E-state index contributed by atoms with van der Waals surface area (Å²) in [6.07, 6.45) is 6.02. The second kappa shape index (κ2) is 3.84. The molecule has 1 N–H and O–H groups in total. The zero-order chi connectivity index (χ0) is 11.8. The van der Waals surface area contributed by atoms with E-state index in [2.05, 4.69) is 10.3 Å². The SMILES string of the molecule is O=C1CN(C(=O)CC2CC2)c2ccncc2N1. The number of anilines is 2. The summed E-state index contributed by atoms with van der Waals surface area (Å²) in [5, 5.41) is 2.72. The third-order valence-corrected chi connectivity index (χ3v) is 3.13. The highest BCUT2D eigenvalue weighted by atomic mass is 16.2. The van der Waals surface area contributed by atoms with Gasteiger partial charge in [-0.3, -0.25) is 14.6 Å². The Morgan fingerprint density at radius 3 is 3.12 bits per heavy atom. The first kappa shape index (κ1) is 10.3. The fourth-order valence-electron chi connectivity index (χ4n) is 2.04. The molecule has 3 rings (SSSR count). The molecule has 2 amide bonds. The molecule has 0 radical (unpaired) electrons. The Bertz CT molecular complexity index is 482. The van der Waals surface area contributed by atoms with E-state index in [1.165, 1.54) is 0 Å². The summed E-state index contributed by atoms with van der Waals surface area (Å²) < 4.78 is 0. The van der Waals surface area contributed by atoms with Crippen molar-refractivity contribution in [2.45, 2.75) is 19.3 Å². The average molecular weight is 231 g/mol. The van der Waals surface area contributed by atoms with Crippen molar-refractivity contribution >= 4 is 23.2 Å². The molecule has 0 aromatic carbocycles. The van der Waals surface area contributed by atoms with Crippen molar-refractivity contribution in [3.05, 3.63) is 18.5 Å². The van der Waals surface area contributed by atoms with Gasteiger partial charge in [-0.15, -0.1) is 0 Å². The smallest absolute Gasteiger partial charge is 0.244 e. The van der Waals surface area contributed by atoms with Crippen molar-refractivity contribution in [3.8, 4) is 0 Å². The van der Waals surface area contributed by atoms with Crippen LogP contribution in [-0.2, 0) is 9.59 Å². The molecule has 17 heavy (non-hydrogen) atoms. The summed E-state index contributed by atoms with van der Waals surface area (Å²) in [5.74, 6) is 0.405. The Kier molecular flexibility index (Phi) is 2.31. The first-order valence-corrected chi connectivity index (χ1v) is 5.78. The molecule has 1 fully saturated rings. The van der Waals surface area contributed by atoms with Gasteiger partial charge >= 0.3 is 0 Å². The van der Waals surface area contributed by atoms with E-state index in [9.17, 15) is 9.59 Å². The van der Waals surface area contributed by atoms with Crippen molar-refractivity contribution in [2.24, 2.45) is 5.92 Å². The summed E-state index contributed by atoms with van der Waals surface area (Å²) in [6, 6.07) is 1.76. The highest BCUT2D eigenvalue weighted by Crippen LogP contribution is 2.35. The topological polar surface area (TPSA) is 62.3 Å². The first-order chi connectivity index (χ1) is 8.24. The average Bonchev–Trinajstić information content (AvgIpc) is 3.11. The maximum absolute atomic E-state index is 12.1. The molecule has 0 atom stereocenters. The minimum absolute atomic E-state index is 0.0369. The molecule has 0 unspecified atom stereocenters. The van der Waals surface area contributed by atoms with Gasteiger partial charge in [-0.2, -0.15) is 0 Å². The van der Waals surface area contributed by atoms with Gasteiger partial charge in [-0.05, 0) is 24.8 Å². The Morgan fingerprint density at radius 2 is 2.35 bits per heavy atom. The summed E-state index contributed by atoms with van der Waals surface area (Å²) >= 11 is 0. The van der Waals surface area contributed by atoms with E-state index in [4.69, 9.17) is 0 Å². The van der Waals surface area contributed by atoms with Gasteiger partial charge in [-0.25, -0.2) is 0 Å². The molecule has 2 heterocycles. The van der Waals surface area contributed by atoms with Crippen LogP contribution in [0.5, 0.6) is 0 Å². The monoisotopic (exact) mass is 231 g/mol. The largest absolute Gasteiger partial charge is 0.321 e. The number of pyridine rings is 1. The Morgan fingerprint density at radius 1 is 1.53 bits per heavy atom. The number of nitrogens with one attached hydrogen (secondary N) is 1. The van der Waals surface area contributed by atoms with Crippen molar-refractivity contribution in [1.29, 1.82) is 0 Å². The quantitative estimate of drug-likeness (QED) is 0.831. The summed E-state index contributed by atoms with van der Waals surface area (Å²) in [4.78, 5) is 29.1. The van der Waals surface area contributed by atoms with Crippen molar-refractivity contribution in [2.75, 3.05) is 16.8 Å². The molecular formula is C12H13N3O2. The van der Waals surface area contributed by atoms with Crippen LogP contribution in [0, 0.1) is 5.92 Å². The number of nitrogens with zero attached hydrogens (tertiary/aromatic N) is 2. The number of carbonyl (C=O) groups excluding carboxylic acids is 2. The summed E-state index contributed by atoms with van der Waals surface area (Å²) in [7, 11) is 0. The lowest BCUT2D eigenvalue weighted by molar-refractivity contribution is -0.122. The van der Waals surface area contributed by atoms with Crippen LogP contribution in [0.2, 0.25) is 0 Å². The fraction of sp³-hybridized carbons (Fsp3) is 0.417. The second-order valence-corrected chi connectivity index (χ2v) is 4.57. The highest BCUT2D eigenvalue weighted by molar-refractivity contribution is 6.09. The van der Waals surface area contributed by atoms with E-state index in [0.717, 1.165) is 18.5 Å². The van der Waals surface area contributed by atoms with E-state index < -0.39 is 0 Å². The number of aromatic nitrogens is 1. The highest BCUT2D eigenvalue weighted by Gasteiger charge is 2.31. The molecule has 2 aliphatic rings. The van der Waals surface area contributed by atoms with E-state index in [0.29, 0.717) is 18.0 Å². The van der Waals surface area contributed by atoms with Crippen LogP contribution in [0.4, 0.5) is 11.4 Å². The van der Waals surface area contributed by atoms with Gasteiger partial charge in [0.15, 0.2) is 0 Å². The number of amides is 2. The number of hydrogen-bond donors (Lipinski definition) is 1. The van der Waals surface area contributed by atoms with Crippen molar-refractivity contribution in [3.63, 3.8) is 0 Å². The molecule has 0 saturated heterocycles. The van der Waals surface area contributed by atoms with E-state index in [1.54, 1.807) is 23.4 Å². The molecule has 1 saturated carbocycles. The van der Waals surface area contributed by atoms with Crippen LogP contribution in [0.3, 0.4) is 0 Å². The molecular weight excluding hydrogens is 218 g/mol. The predicted molar refractivity (Wildman–Crippen MR) is 62.6 cm³/mol. The van der Waals surface area contributed by atoms with Gasteiger partial charge < -0.3 is 10.2 Å². The molecule has 88 valence electrons. The van der Waals surface area contributed by atoms with Gasteiger partial charge in [-0.1, -0.05) is 0 Å². The molecule has 1 aliphatic heterocycles. The van der Waals surface area contributed by atoms with Crippen LogP contribution < -0.4 is 10.2 Å². The lowest BCUT2D eigenvalue weighted by Gasteiger charge is -2.28. The first-order valence-electron chi connectivity index (χ1n) is 5.78. The standard InChI is InChI=1S/C12H13N3O2/c16-11-7-15(12(17)5-8-1-2-8)10-3-4-13-6-9(10)14-11/h3-4,6,8H,1-2,5,7H2,(H,14,16). The lowest BCUT2D eigenvalue weighted by Crippen LogP contribution is -2.42. The second-order valence-electron chi connectivity index (χ2n) is 4.57. The van der Waals surface area contributed by atoms with E-state index >= 15 is 0 Å². The Hall–Kier alpha value is -1.91. The van der Waals surface area contributed by atoms with Gasteiger partial charge in [0.1, 0.15) is 6.54 Å². The molecule has 5 heteroatoms. The number of hydrogen-bond acceptors (Lipinski definition) is 3. The summed E-state index contributed by atoms with van der Waals surface area (Å²) in [6.45, 7) is 0.114. The minimum Gasteiger partial charge on any atom is -0.321 e. The summed E-state index contributed by atoms with van der Waals surface area (Å²) in [5.41, 5.74) is 1.37. The zero-order valence-corrected chi connectivity index (χ0v) is 9.35. The van der Waals surface area contributed by atoms with Crippen LogP contribution in [0.25, 0.3) is 0 Å². The van der Waals surface area contributed by atoms with Crippen LogP contribution in [0.15, 0.2) is 18.5 Å². The van der Waals surface area contributed by atoms with E-state index in [1.807, 2.05) is 0 Å². The number of carbonyl (C=O) groups is 2. The zero-order valence-electron chi connectivity index (χ0n) is 9.35. The lowest BCUT2D eigenvalue weighted by atomic mass is 10.2. The number of fused-ring (bicyclic) bond motifs is 1. The predicted octanol–water partition coefficient (Wildman–Crippen LogP) is 1.17. The maximum Gasteiger partial charge on any atom is 0.244 e. The maximum atomic E-state index is 12.1. The third kappa shape index (κ3) is 2.00. The Balaban J connectivity index is 1.88. The molecule has 0 bridgehead atoms. The molecule has 5 nitrogen and oxygen atoms in total. The van der Waals surface area contributed by atoms with Gasteiger partial charge in [0.25, 0.3) is 0 Å². The normalized spacial score (nSPS) is 18.6. The molecule has 1 aliphatic carbocycles. The fourth-order valence-corrected chi connectivity index (χ4v) is 2.04. The Labute approximate surface area is 98.8 Å². The van der Waals surface area contributed by atoms with Crippen LogP contribution in [-0.4, -0.2) is 23.3 Å². The van der Waals surface area contributed by atoms with Crippen molar-refractivity contribution in [1.82, 2.24) is 4.98 Å². The van der Waals surface area contributed by atoms with E-state index in [-0.39, 0.29) is 18.4 Å². The number of rotatable bonds is 2. The molecule has 1 aromatic rings. The van der Waals surface area contributed by atoms with Crippen LogP contribution >= 0.6 is 0 Å². The van der Waals surface area contributed by atoms with Gasteiger partial charge in [0, 0.05) is 12.6 Å². The van der Waals surface area contributed by atoms with Crippen molar-refractivity contribution < 1.29 is 9.59 Å². The molecule has 1 aromatic heterocycles. The van der Waals surface area contributed by atoms with Gasteiger partial charge in [0.2, 0.25) is 11.8 Å². The minimum atomic E-state index is -0.158. The van der Waals surface area contributed by atoms with Gasteiger partial charge in [0.05, 0.1) is 17.6 Å². The van der Waals surface area contributed by atoms with Crippen LogP contribution in [0.1, 0.15) is 19.3 Å².